The van der Waals surface area contributed by atoms with Crippen LogP contribution in [0, 0.1) is 5.92 Å². The van der Waals surface area contributed by atoms with E-state index in [1.54, 1.807) is 0 Å². The Balaban J connectivity index is 1.90. The topological polar surface area (TPSA) is 30.7 Å². The lowest BCUT2D eigenvalue weighted by atomic mass is 9.97. The highest BCUT2D eigenvalue weighted by molar-refractivity contribution is 5.72. The van der Waals surface area contributed by atoms with Gasteiger partial charge >= 0.3 is 5.97 Å². The van der Waals surface area contributed by atoms with Gasteiger partial charge in [-0.2, -0.15) is 0 Å². The van der Waals surface area contributed by atoms with Crippen molar-refractivity contribution in [2.75, 3.05) is 19.7 Å². The zero-order chi connectivity index (χ0) is 14.4. The molecule has 2 atom stereocenters. The van der Waals surface area contributed by atoms with Crippen LogP contribution in [0.25, 0.3) is 0 Å². The number of quaternary nitrogens is 1. The summed E-state index contributed by atoms with van der Waals surface area (Å²) in [6, 6.07) is 8.86. The summed E-state index contributed by atoms with van der Waals surface area (Å²) in [6.45, 7) is 7.62. The van der Waals surface area contributed by atoms with Gasteiger partial charge in [-0.05, 0) is 31.7 Å². The molecule has 1 N–H and O–H groups in total. The molecular weight excluding hydrogens is 250 g/mol. The molecule has 0 amide bonds. The van der Waals surface area contributed by atoms with Crippen molar-refractivity contribution in [3.63, 3.8) is 0 Å². The number of rotatable bonds is 5. The van der Waals surface area contributed by atoms with Gasteiger partial charge in [-0.25, -0.2) is 0 Å². The number of carbonyl (C=O) groups is 1. The molecule has 0 bridgehead atoms. The second-order valence-electron chi connectivity index (χ2n) is 5.64. The first-order valence-corrected chi connectivity index (χ1v) is 7.81. The van der Waals surface area contributed by atoms with Crippen LogP contribution in [0.3, 0.4) is 0 Å². The molecule has 0 saturated carbocycles. The van der Waals surface area contributed by atoms with Crippen molar-refractivity contribution in [2.45, 2.75) is 39.7 Å². The third kappa shape index (κ3) is 4.07. The van der Waals surface area contributed by atoms with E-state index < -0.39 is 0 Å². The Morgan fingerprint density at radius 2 is 1.95 bits per heavy atom. The van der Waals surface area contributed by atoms with Gasteiger partial charge in [0.25, 0.3) is 0 Å². The van der Waals surface area contributed by atoms with E-state index >= 15 is 0 Å². The van der Waals surface area contributed by atoms with Crippen molar-refractivity contribution in [3.8, 4) is 0 Å². The van der Waals surface area contributed by atoms with E-state index in [-0.39, 0.29) is 11.9 Å². The van der Waals surface area contributed by atoms with E-state index in [0.29, 0.717) is 6.61 Å². The maximum atomic E-state index is 11.8. The first kappa shape index (κ1) is 15.0. The van der Waals surface area contributed by atoms with Gasteiger partial charge < -0.3 is 9.64 Å². The molecule has 3 nitrogen and oxygen atoms in total. The molecule has 1 aliphatic rings. The smallest absolute Gasteiger partial charge is 0.314 e. The molecule has 1 fully saturated rings. The van der Waals surface area contributed by atoms with Crippen LogP contribution in [-0.2, 0) is 22.5 Å². The fourth-order valence-corrected chi connectivity index (χ4v) is 2.95. The van der Waals surface area contributed by atoms with Gasteiger partial charge in [-0.1, -0.05) is 31.2 Å². The molecule has 1 heterocycles. The SMILES string of the molecule is CCOC(=O)[C@H]1CCC[NH+](Cc2ccc(CC)cc2)C1. The summed E-state index contributed by atoms with van der Waals surface area (Å²) in [7, 11) is 0. The van der Waals surface area contributed by atoms with Gasteiger partial charge in [0.05, 0.1) is 19.7 Å². The van der Waals surface area contributed by atoms with Crippen LogP contribution in [-0.4, -0.2) is 25.7 Å². The van der Waals surface area contributed by atoms with Crippen molar-refractivity contribution >= 4 is 5.97 Å². The first-order chi connectivity index (χ1) is 9.72. The predicted octanol–water partition coefficient (Wildman–Crippen LogP) is 1.61. The van der Waals surface area contributed by atoms with Crippen molar-refractivity contribution in [3.05, 3.63) is 35.4 Å². The lowest BCUT2D eigenvalue weighted by molar-refractivity contribution is -0.921. The minimum absolute atomic E-state index is 0.00830. The summed E-state index contributed by atoms with van der Waals surface area (Å²) in [5.41, 5.74) is 2.74. The lowest BCUT2D eigenvalue weighted by Crippen LogP contribution is -3.12. The summed E-state index contributed by atoms with van der Waals surface area (Å²) < 4.78 is 5.16. The Hall–Kier alpha value is -1.35. The van der Waals surface area contributed by atoms with E-state index in [2.05, 4.69) is 31.2 Å². The fraction of sp³-hybridized carbons (Fsp3) is 0.588. The van der Waals surface area contributed by atoms with Crippen LogP contribution in [0.2, 0.25) is 0 Å². The second kappa shape index (κ2) is 7.44. The number of aryl methyl sites for hydroxylation is 1. The molecule has 2 rings (SSSR count). The average Bonchev–Trinajstić information content (AvgIpc) is 2.48. The molecule has 20 heavy (non-hydrogen) atoms. The number of benzene rings is 1. The highest BCUT2D eigenvalue weighted by Crippen LogP contribution is 2.10. The minimum atomic E-state index is -0.00830. The van der Waals surface area contributed by atoms with E-state index in [1.807, 2.05) is 6.92 Å². The lowest BCUT2D eigenvalue weighted by Gasteiger charge is -2.28. The number of nitrogens with one attached hydrogen (secondary N) is 1. The van der Waals surface area contributed by atoms with Crippen molar-refractivity contribution in [1.82, 2.24) is 0 Å². The molecule has 0 aliphatic carbocycles. The zero-order valence-corrected chi connectivity index (χ0v) is 12.7. The third-order valence-electron chi connectivity index (χ3n) is 4.12. The van der Waals surface area contributed by atoms with Crippen LogP contribution in [0.15, 0.2) is 24.3 Å². The molecule has 0 radical (unpaired) electrons. The number of ether oxygens (including phenoxy) is 1. The maximum absolute atomic E-state index is 11.8. The van der Waals surface area contributed by atoms with Gasteiger partial charge in [0.2, 0.25) is 0 Å². The molecule has 1 aliphatic heterocycles. The number of likely N-dealkylation sites (tertiary alicyclic amines) is 1. The fourth-order valence-electron chi connectivity index (χ4n) is 2.95. The molecule has 3 heteroatoms. The summed E-state index contributed by atoms with van der Waals surface area (Å²) in [5.74, 6) is 0.0830. The number of hydrogen-bond acceptors (Lipinski definition) is 2. The van der Waals surface area contributed by atoms with Crippen LogP contribution in [0.1, 0.15) is 37.8 Å². The molecule has 0 spiro atoms. The second-order valence-corrected chi connectivity index (χ2v) is 5.64. The van der Waals surface area contributed by atoms with E-state index in [4.69, 9.17) is 4.74 Å². The van der Waals surface area contributed by atoms with Crippen molar-refractivity contribution < 1.29 is 14.4 Å². The Labute approximate surface area is 121 Å². The van der Waals surface area contributed by atoms with E-state index in [1.165, 1.54) is 16.0 Å². The van der Waals surface area contributed by atoms with Gasteiger partial charge in [-0.3, -0.25) is 4.79 Å². The molecule has 1 aromatic rings. The maximum Gasteiger partial charge on any atom is 0.314 e. The van der Waals surface area contributed by atoms with Crippen molar-refractivity contribution in [2.24, 2.45) is 5.92 Å². The minimum Gasteiger partial charge on any atom is -0.466 e. The Bertz CT molecular complexity index is 427. The Kier molecular flexibility index (Phi) is 5.60. The summed E-state index contributed by atoms with van der Waals surface area (Å²) in [5, 5.41) is 0. The van der Waals surface area contributed by atoms with Crippen LogP contribution < -0.4 is 4.90 Å². The largest absolute Gasteiger partial charge is 0.466 e. The number of esters is 1. The van der Waals surface area contributed by atoms with Gasteiger partial charge in [0, 0.05) is 5.56 Å². The summed E-state index contributed by atoms with van der Waals surface area (Å²) in [6.07, 6.45) is 3.19. The Morgan fingerprint density at radius 3 is 2.60 bits per heavy atom. The highest BCUT2D eigenvalue weighted by atomic mass is 16.5. The Morgan fingerprint density at radius 1 is 1.25 bits per heavy atom. The van der Waals surface area contributed by atoms with Crippen LogP contribution in [0.5, 0.6) is 0 Å². The highest BCUT2D eigenvalue weighted by Gasteiger charge is 2.29. The van der Waals surface area contributed by atoms with Crippen LogP contribution in [0.4, 0.5) is 0 Å². The quantitative estimate of drug-likeness (QED) is 0.828. The molecule has 0 aromatic heterocycles. The normalized spacial score (nSPS) is 22.5. The number of carbonyl (C=O) groups excluding carboxylic acids is 1. The van der Waals surface area contributed by atoms with Crippen molar-refractivity contribution in [1.29, 1.82) is 0 Å². The summed E-state index contributed by atoms with van der Waals surface area (Å²) in [4.78, 5) is 13.3. The molecule has 110 valence electrons. The third-order valence-corrected chi connectivity index (χ3v) is 4.12. The standard InChI is InChI=1S/C17H25NO2/c1-3-14-7-9-15(10-8-14)12-18-11-5-6-16(13-18)17(19)20-4-2/h7-10,16H,3-6,11-13H2,1-2H3/p+1/t16-/m0/s1. The molecular formula is C17H26NO2+. The number of hydrogen-bond donors (Lipinski definition) is 1. The monoisotopic (exact) mass is 276 g/mol. The van der Waals surface area contributed by atoms with E-state index in [0.717, 1.165) is 38.9 Å². The average molecular weight is 276 g/mol. The van der Waals surface area contributed by atoms with E-state index in [9.17, 15) is 4.79 Å². The van der Waals surface area contributed by atoms with Crippen LogP contribution >= 0.6 is 0 Å². The zero-order valence-electron chi connectivity index (χ0n) is 12.7. The molecule has 1 aromatic carbocycles. The van der Waals surface area contributed by atoms with Gasteiger partial charge in [0.15, 0.2) is 0 Å². The number of piperidine rings is 1. The summed E-state index contributed by atoms with van der Waals surface area (Å²) >= 11 is 0. The predicted molar refractivity (Wildman–Crippen MR) is 79.6 cm³/mol. The van der Waals surface area contributed by atoms with Gasteiger partial charge in [0.1, 0.15) is 12.5 Å². The molecule has 1 saturated heterocycles. The van der Waals surface area contributed by atoms with Gasteiger partial charge in [-0.15, -0.1) is 0 Å². The molecule has 1 unspecified atom stereocenters. The first-order valence-electron chi connectivity index (χ1n) is 7.81.